The first-order valence-corrected chi connectivity index (χ1v) is 7.76. The third kappa shape index (κ3) is 3.57. The van der Waals surface area contributed by atoms with Crippen molar-refractivity contribution in [3.05, 3.63) is 40.6 Å². The minimum Gasteiger partial charge on any atom is -0.369 e. The lowest BCUT2D eigenvalue weighted by molar-refractivity contribution is 0.621. The van der Waals surface area contributed by atoms with E-state index in [1.807, 2.05) is 18.2 Å². The third-order valence-corrected chi connectivity index (χ3v) is 3.63. The molecule has 0 saturated carbocycles. The molecule has 0 fully saturated rings. The van der Waals surface area contributed by atoms with E-state index >= 15 is 0 Å². The standard InChI is InChI=1S/C16H20BrN3/c1-4-18-16-14(17)15(12-8-6-5-7-9-12)19-13(20-16)10-11(2)3/h5-9,11H,4,10H2,1-3H3,(H,18,19,20). The molecule has 106 valence electrons. The largest absolute Gasteiger partial charge is 0.369 e. The molecule has 0 radical (unpaired) electrons. The van der Waals surface area contributed by atoms with E-state index in [0.29, 0.717) is 5.92 Å². The molecule has 2 rings (SSSR count). The second-order valence-corrected chi connectivity index (χ2v) is 5.94. The van der Waals surface area contributed by atoms with Gasteiger partial charge in [0.1, 0.15) is 11.6 Å². The maximum atomic E-state index is 4.73. The predicted octanol–water partition coefficient (Wildman–Crippen LogP) is 4.54. The quantitative estimate of drug-likeness (QED) is 0.872. The van der Waals surface area contributed by atoms with Crippen molar-refractivity contribution in [3.8, 4) is 11.3 Å². The summed E-state index contributed by atoms with van der Waals surface area (Å²) in [6.07, 6.45) is 0.880. The lowest BCUT2D eigenvalue weighted by Crippen LogP contribution is -2.08. The Morgan fingerprint density at radius 3 is 2.45 bits per heavy atom. The van der Waals surface area contributed by atoms with Crippen LogP contribution < -0.4 is 5.32 Å². The highest BCUT2D eigenvalue weighted by Gasteiger charge is 2.14. The van der Waals surface area contributed by atoms with Gasteiger partial charge in [-0.2, -0.15) is 0 Å². The number of aromatic nitrogens is 2. The molecule has 1 aromatic carbocycles. The maximum Gasteiger partial charge on any atom is 0.144 e. The Morgan fingerprint density at radius 2 is 1.85 bits per heavy atom. The zero-order chi connectivity index (χ0) is 14.5. The number of anilines is 1. The molecule has 0 aliphatic rings. The Labute approximate surface area is 129 Å². The minimum absolute atomic E-state index is 0.536. The molecule has 0 atom stereocenters. The van der Waals surface area contributed by atoms with Crippen molar-refractivity contribution in [1.82, 2.24) is 9.97 Å². The Balaban J connectivity index is 2.51. The minimum atomic E-state index is 0.536. The van der Waals surface area contributed by atoms with E-state index in [1.54, 1.807) is 0 Å². The number of nitrogens with one attached hydrogen (secondary N) is 1. The fourth-order valence-corrected chi connectivity index (χ4v) is 2.57. The van der Waals surface area contributed by atoms with Crippen LogP contribution in [0.2, 0.25) is 0 Å². The van der Waals surface area contributed by atoms with Gasteiger partial charge in [-0.1, -0.05) is 44.2 Å². The molecule has 1 heterocycles. The topological polar surface area (TPSA) is 37.8 Å². The molecule has 4 heteroatoms. The number of halogens is 1. The van der Waals surface area contributed by atoms with E-state index in [4.69, 9.17) is 4.98 Å². The maximum absolute atomic E-state index is 4.73. The smallest absolute Gasteiger partial charge is 0.144 e. The van der Waals surface area contributed by atoms with Crippen molar-refractivity contribution < 1.29 is 0 Å². The van der Waals surface area contributed by atoms with Crippen LogP contribution >= 0.6 is 15.9 Å². The molecular formula is C16H20BrN3. The van der Waals surface area contributed by atoms with Gasteiger partial charge in [0.05, 0.1) is 10.2 Å². The molecule has 0 amide bonds. The average Bonchev–Trinajstić information content (AvgIpc) is 2.43. The van der Waals surface area contributed by atoms with Crippen LogP contribution in [0.1, 0.15) is 26.6 Å². The van der Waals surface area contributed by atoms with Crippen molar-refractivity contribution in [2.24, 2.45) is 5.92 Å². The summed E-state index contributed by atoms with van der Waals surface area (Å²) in [6, 6.07) is 10.2. The number of nitrogens with zero attached hydrogens (tertiary/aromatic N) is 2. The van der Waals surface area contributed by atoms with Crippen molar-refractivity contribution in [3.63, 3.8) is 0 Å². The van der Waals surface area contributed by atoms with Gasteiger partial charge in [-0.05, 0) is 28.8 Å². The van der Waals surface area contributed by atoms with Crippen molar-refractivity contribution >= 4 is 21.7 Å². The molecule has 0 unspecified atom stereocenters. The Hall–Kier alpha value is -1.42. The lowest BCUT2D eigenvalue weighted by Gasteiger charge is -2.13. The van der Waals surface area contributed by atoms with Crippen molar-refractivity contribution in [2.75, 3.05) is 11.9 Å². The Morgan fingerprint density at radius 1 is 1.15 bits per heavy atom. The van der Waals surface area contributed by atoms with Crippen LogP contribution in [0.5, 0.6) is 0 Å². The van der Waals surface area contributed by atoms with Crippen LogP contribution in [0, 0.1) is 5.92 Å². The van der Waals surface area contributed by atoms with E-state index in [-0.39, 0.29) is 0 Å². The first-order chi connectivity index (χ1) is 9.61. The van der Waals surface area contributed by atoms with Crippen LogP contribution in [0.15, 0.2) is 34.8 Å². The van der Waals surface area contributed by atoms with E-state index in [1.165, 1.54) is 0 Å². The van der Waals surface area contributed by atoms with Crippen molar-refractivity contribution in [1.29, 1.82) is 0 Å². The van der Waals surface area contributed by atoms with Gasteiger partial charge in [0.2, 0.25) is 0 Å². The fourth-order valence-electron chi connectivity index (χ4n) is 2.02. The first-order valence-electron chi connectivity index (χ1n) is 6.97. The van der Waals surface area contributed by atoms with E-state index < -0.39 is 0 Å². The molecule has 3 nitrogen and oxygen atoms in total. The van der Waals surface area contributed by atoms with Crippen molar-refractivity contribution in [2.45, 2.75) is 27.2 Å². The number of benzene rings is 1. The van der Waals surface area contributed by atoms with Gasteiger partial charge in [-0.15, -0.1) is 0 Å². The summed E-state index contributed by atoms with van der Waals surface area (Å²) in [7, 11) is 0. The second kappa shape index (κ2) is 6.84. The first kappa shape index (κ1) is 15.0. The molecule has 0 bridgehead atoms. The number of hydrogen-bond acceptors (Lipinski definition) is 3. The van der Waals surface area contributed by atoms with Gasteiger partial charge in [0.15, 0.2) is 0 Å². The molecular weight excluding hydrogens is 314 g/mol. The molecule has 0 aliphatic carbocycles. The van der Waals surface area contributed by atoms with Gasteiger partial charge < -0.3 is 5.32 Å². The van der Waals surface area contributed by atoms with Crippen LogP contribution in [0.3, 0.4) is 0 Å². The molecule has 2 aromatic rings. The summed E-state index contributed by atoms with van der Waals surface area (Å²) in [6.45, 7) is 7.27. The van der Waals surface area contributed by atoms with Gasteiger partial charge in [0.25, 0.3) is 0 Å². The van der Waals surface area contributed by atoms with Gasteiger partial charge >= 0.3 is 0 Å². The molecule has 0 aliphatic heterocycles. The zero-order valence-corrected chi connectivity index (χ0v) is 13.7. The summed E-state index contributed by atoms with van der Waals surface area (Å²) in [5.41, 5.74) is 2.05. The average molecular weight is 334 g/mol. The highest BCUT2D eigenvalue weighted by atomic mass is 79.9. The summed E-state index contributed by atoms with van der Waals surface area (Å²) >= 11 is 3.63. The predicted molar refractivity (Wildman–Crippen MR) is 87.9 cm³/mol. The van der Waals surface area contributed by atoms with Gasteiger partial charge in [-0.25, -0.2) is 9.97 Å². The lowest BCUT2D eigenvalue weighted by atomic mass is 10.1. The highest BCUT2D eigenvalue weighted by Crippen LogP contribution is 2.31. The van der Waals surface area contributed by atoms with Gasteiger partial charge in [0, 0.05) is 18.5 Å². The van der Waals surface area contributed by atoms with E-state index in [0.717, 1.165) is 40.3 Å². The SMILES string of the molecule is CCNc1nc(CC(C)C)nc(-c2ccccc2)c1Br. The normalized spacial score (nSPS) is 10.8. The molecule has 0 saturated heterocycles. The molecule has 0 spiro atoms. The fraction of sp³-hybridized carbons (Fsp3) is 0.375. The van der Waals surface area contributed by atoms with E-state index in [2.05, 4.69) is 59.1 Å². The third-order valence-electron chi connectivity index (χ3n) is 2.88. The number of hydrogen-bond donors (Lipinski definition) is 1. The Bertz CT molecular complexity index is 567. The second-order valence-electron chi connectivity index (χ2n) is 5.15. The monoisotopic (exact) mass is 333 g/mol. The van der Waals surface area contributed by atoms with Crippen LogP contribution in [0.4, 0.5) is 5.82 Å². The zero-order valence-electron chi connectivity index (χ0n) is 12.2. The molecule has 1 N–H and O–H groups in total. The number of rotatable bonds is 5. The summed E-state index contributed by atoms with van der Waals surface area (Å²) in [4.78, 5) is 9.35. The summed E-state index contributed by atoms with van der Waals surface area (Å²) in [5.74, 6) is 2.30. The Kier molecular flexibility index (Phi) is 5.12. The molecule has 20 heavy (non-hydrogen) atoms. The van der Waals surface area contributed by atoms with Gasteiger partial charge in [-0.3, -0.25) is 0 Å². The summed E-state index contributed by atoms with van der Waals surface area (Å²) in [5, 5.41) is 3.30. The highest BCUT2D eigenvalue weighted by molar-refractivity contribution is 9.10. The summed E-state index contributed by atoms with van der Waals surface area (Å²) < 4.78 is 0.929. The van der Waals surface area contributed by atoms with Crippen LogP contribution in [-0.4, -0.2) is 16.5 Å². The van der Waals surface area contributed by atoms with Crippen LogP contribution in [0.25, 0.3) is 11.3 Å². The van der Waals surface area contributed by atoms with Crippen LogP contribution in [-0.2, 0) is 6.42 Å². The van der Waals surface area contributed by atoms with E-state index in [9.17, 15) is 0 Å². The molecule has 1 aromatic heterocycles.